The van der Waals surface area contributed by atoms with Gasteiger partial charge in [0.15, 0.2) is 0 Å². The summed E-state index contributed by atoms with van der Waals surface area (Å²) in [5.41, 5.74) is 5.46. The van der Waals surface area contributed by atoms with Crippen molar-refractivity contribution in [2.75, 3.05) is 19.8 Å². The van der Waals surface area contributed by atoms with Gasteiger partial charge in [-0.15, -0.1) is 11.3 Å². The fourth-order valence-electron chi connectivity index (χ4n) is 1.40. The van der Waals surface area contributed by atoms with Crippen molar-refractivity contribution >= 4 is 38.6 Å². The minimum Gasteiger partial charge on any atom is -0.389 e. The number of ether oxygens (including phenoxy) is 1. The Bertz CT molecular complexity index is 526. The number of nitrogens with one attached hydrogen (secondary N) is 1. The van der Waals surface area contributed by atoms with Crippen LogP contribution in [0, 0.1) is 0 Å². The molecule has 1 aromatic rings. The minimum atomic E-state index is -3.47. The standard InChI is InChI=1S/C12H20N2O3S3/c1-2-3-8-17-9-4-7-14-20(15,16)11-6-5-10(19-11)12(13)18/h5-6,14H,2-4,7-9H2,1H3,(H2,13,18). The fourth-order valence-corrected chi connectivity index (χ4v) is 3.87. The number of sulfonamides is 1. The molecule has 0 unspecified atom stereocenters. The van der Waals surface area contributed by atoms with E-state index in [1.54, 1.807) is 6.07 Å². The van der Waals surface area contributed by atoms with E-state index in [9.17, 15) is 8.42 Å². The topological polar surface area (TPSA) is 81.4 Å². The van der Waals surface area contributed by atoms with Gasteiger partial charge >= 0.3 is 0 Å². The molecule has 0 amide bonds. The van der Waals surface area contributed by atoms with Gasteiger partial charge in [-0.2, -0.15) is 0 Å². The van der Waals surface area contributed by atoms with E-state index in [0.717, 1.165) is 30.8 Å². The maximum Gasteiger partial charge on any atom is 0.250 e. The van der Waals surface area contributed by atoms with E-state index in [1.165, 1.54) is 6.07 Å². The van der Waals surface area contributed by atoms with Crippen LogP contribution >= 0.6 is 23.6 Å². The van der Waals surface area contributed by atoms with Crippen molar-refractivity contribution < 1.29 is 13.2 Å². The SMILES string of the molecule is CCCCOCCCNS(=O)(=O)c1ccc(C(N)=S)s1. The third kappa shape index (κ3) is 5.84. The van der Waals surface area contributed by atoms with Crippen LogP contribution < -0.4 is 10.5 Å². The molecule has 1 rings (SSSR count). The molecule has 114 valence electrons. The average Bonchev–Trinajstić information content (AvgIpc) is 2.88. The van der Waals surface area contributed by atoms with Crippen LogP contribution in [0.1, 0.15) is 31.1 Å². The van der Waals surface area contributed by atoms with Crippen LogP contribution in [0.3, 0.4) is 0 Å². The summed E-state index contributed by atoms with van der Waals surface area (Å²) in [4.78, 5) is 0.809. The lowest BCUT2D eigenvalue weighted by atomic mass is 10.4. The number of hydrogen-bond acceptors (Lipinski definition) is 5. The van der Waals surface area contributed by atoms with E-state index in [1.807, 2.05) is 0 Å². The Morgan fingerprint density at radius 3 is 2.70 bits per heavy atom. The molecule has 0 bridgehead atoms. The van der Waals surface area contributed by atoms with Gasteiger partial charge < -0.3 is 10.5 Å². The molecule has 0 aliphatic carbocycles. The van der Waals surface area contributed by atoms with Crippen molar-refractivity contribution in [1.29, 1.82) is 0 Å². The summed E-state index contributed by atoms with van der Waals surface area (Å²) in [5.74, 6) is 0. The van der Waals surface area contributed by atoms with Crippen molar-refractivity contribution in [3.8, 4) is 0 Å². The van der Waals surface area contributed by atoms with Crippen LogP contribution in [0.5, 0.6) is 0 Å². The molecule has 0 saturated heterocycles. The molecule has 1 aromatic heterocycles. The van der Waals surface area contributed by atoms with E-state index in [-0.39, 0.29) is 9.20 Å². The van der Waals surface area contributed by atoms with Gasteiger partial charge in [-0.1, -0.05) is 25.6 Å². The molecule has 0 fully saturated rings. The number of hydrogen-bond donors (Lipinski definition) is 2. The van der Waals surface area contributed by atoms with E-state index in [4.69, 9.17) is 22.7 Å². The first-order valence-corrected chi connectivity index (χ1v) is 9.15. The molecule has 0 aliphatic rings. The molecular weight excluding hydrogens is 316 g/mol. The van der Waals surface area contributed by atoms with Gasteiger partial charge in [0.25, 0.3) is 0 Å². The number of unbranched alkanes of at least 4 members (excludes halogenated alkanes) is 1. The Morgan fingerprint density at radius 1 is 1.40 bits per heavy atom. The molecule has 1 heterocycles. The summed E-state index contributed by atoms with van der Waals surface area (Å²) in [7, 11) is -3.47. The Morgan fingerprint density at radius 2 is 2.10 bits per heavy atom. The van der Waals surface area contributed by atoms with Gasteiger partial charge in [0.2, 0.25) is 10.0 Å². The highest BCUT2D eigenvalue weighted by atomic mass is 32.2. The van der Waals surface area contributed by atoms with Gasteiger partial charge in [0.05, 0.1) is 4.88 Å². The lowest BCUT2D eigenvalue weighted by Gasteiger charge is -2.05. The third-order valence-corrected chi connectivity index (χ3v) is 5.91. The van der Waals surface area contributed by atoms with Crippen LogP contribution in [-0.4, -0.2) is 33.2 Å². The van der Waals surface area contributed by atoms with Crippen molar-refractivity contribution in [1.82, 2.24) is 4.72 Å². The van der Waals surface area contributed by atoms with Gasteiger partial charge in [0.1, 0.15) is 9.20 Å². The van der Waals surface area contributed by atoms with Crippen LogP contribution in [0.2, 0.25) is 0 Å². The van der Waals surface area contributed by atoms with Gasteiger partial charge in [-0.25, -0.2) is 13.1 Å². The second kappa shape index (κ2) is 8.68. The number of thiophene rings is 1. The predicted octanol–water partition coefficient (Wildman–Crippen LogP) is 1.87. The lowest BCUT2D eigenvalue weighted by Crippen LogP contribution is -2.24. The zero-order chi connectivity index (χ0) is 15.0. The first-order chi connectivity index (χ1) is 9.47. The van der Waals surface area contributed by atoms with Crippen LogP contribution in [0.4, 0.5) is 0 Å². The van der Waals surface area contributed by atoms with E-state index < -0.39 is 10.0 Å². The van der Waals surface area contributed by atoms with E-state index in [0.29, 0.717) is 24.4 Å². The summed E-state index contributed by atoms with van der Waals surface area (Å²) in [6.45, 7) is 3.74. The van der Waals surface area contributed by atoms with Crippen molar-refractivity contribution in [3.63, 3.8) is 0 Å². The van der Waals surface area contributed by atoms with Crippen LogP contribution in [0.25, 0.3) is 0 Å². The molecule has 5 nitrogen and oxygen atoms in total. The highest BCUT2D eigenvalue weighted by Crippen LogP contribution is 2.21. The van der Waals surface area contributed by atoms with Crippen LogP contribution in [-0.2, 0) is 14.8 Å². The predicted molar refractivity (Wildman–Crippen MR) is 85.7 cm³/mol. The summed E-state index contributed by atoms with van der Waals surface area (Å²) in [6, 6.07) is 3.13. The molecule has 0 atom stereocenters. The number of nitrogens with two attached hydrogens (primary N) is 1. The van der Waals surface area contributed by atoms with Crippen LogP contribution in [0.15, 0.2) is 16.3 Å². The van der Waals surface area contributed by atoms with E-state index >= 15 is 0 Å². The van der Waals surface area contributed by atoms with Gasteiger partial charge in [0, 0.05) is 19.8 Å². The molecular formula is C12H20N2O3S3. The quantitative estimate of drug-likeness (QED) is 0.503. The highest BCUT2D eigenvalue weighted by Gasteiger charge is 2.16. The van der Waals surface area contributed by atoms with E-state index in [2.05, 4.69) is 11.6 Å². The summed E-state index contributed by atoms with van der Waals surface area (Å²) in [6.07, 6.45) is 2.77. The second-order valence-corrected chi connectivity index (χ2v) is 7.72. The first kappa shape index (κ1) is 17.5. The Balaban J connectivity index is 2.36. The zero-order valence-corrected chi connectivity index (χ0v) is 13.9. The Kier molecular flexibility index (Phi) is 7.60. The Labute approximate surface area is 129 Å². The maximum atomic E-state index is 12.0. The summed E-state index contributed by atoms with van der Waals surface area (Å²) >= 11 is 5.89. The number of rotatable bonds is 10. The van der Waals surface area contributed by atoms with Crippen molar-refractivity contribution in [2.24, 2.45) is 5.73 Å². The second-order valence-electron chi connectivity index (χ2n) is 4.20. The summed E-state index contributed by atoms with van der Waals surface area (Å²) in [5, 5.41) is 0. The maximum absolute atomic E-state index is 12.0. The zero-order valence-electron chi connectivity index (χ0n) is 11.4. The molecule has 0 radical (unpaired) electrons. The molecule has 3 N–H and O–H groups in total. The van der Waals surface area contributed by atoms with Crippen molar-refractivity contribution in [3.05, 3.63) is 17.0 Å². The molecule has 20 heavy (non-hydrogen) atoms. The number of thiocarbonyl (C=S) groups is 1. The molecule has 0 spiro atoms. The van der Waals surface area contributed by atoms with Gasteiger partial charge in [-0.05, 0) is 25.0 Å². The monoisotopic (exact) mass is 336 g/mol. The smallest absolute Gasteiger partial charge is 0.250 e. The normalized spacial score (nSPS) is 11.7. The minimum absolute atomic E-state index is 0.209. The summed E-state index contributed by atoms with van der Waals surface area (Å²) < 4.78 is 32.1. The molecule has 0 saturated carbocycles. The van der Waals surface area contributed by atoms with Crippen molar-refractivity contribution in [2.45, 2.75) is 30.4 Å². The fraction of sp³-hybridized carbons (Fsp3) is 0.583. The lowest BCUT2D eigenvalue weighted by molar-refractivity contribution is 0.130. The molecule has 0 aromatic carbocycles. The Hall–Kier alpha value is -0.540. The molecule has 8 heteroatoms. The molecule has 0 aliphatic heterocycles. The largest absolute Gasteiger partial charge is 0.389 e. The first-order valence-electron chi connectivity index (χ1n) is 6.44. The third-order valence-electron chi connectivity index (χ3n) is 2.49. The highest BCUT2D eigenvalue weighted by molar-refractivity contribution is 7.91. The van der Waals surface area contributed by atoms with Gasteiger partial charge in [-0.3, -0.25) is 0 Å². The average molecular weight is 337 g/mol.